The van der Waals surface area contributed by atoms with E-state index in [0.717, 1.165) is 0 Å². The van der Waals surface area contributed by atoms with E-state index in [2.05, 4.69) is 4.74 Å². The maximum Gasteiger partial charge on any atom is 0.302 e. The van der Waals surface area contributed by atoms with Crippen LogP contribution in [0.15, 0.2) is 30.3 Å². The molecule has 0 saturated heterocycles. The molecule has 1 rings (SSSR count). The van der Waals surface area contributed by atoms with E-state index in [-0.39, 0.29) is 0 Å². The van der Waals surface area contributed by atoms with Crippen molar-refractivity contribution in [2.24, 2.45) is 0 Å². The monoisotopic (exact) mass is 212 g/mol. The summed E-state index contributed by atoms with van der Waals surface area (Å²) in [5.41, 5.74) is -1.72. The van der Waals surface area contributed by atoms with Gasteiger partial charge in [0.05, 0.1) is 6.61 Å². The van der Waals surface area contributed by atoms with Crippen LogP contribution in [0.2, 0.25) is 0 Å². The maximum absolute atomic E-state index is 14.1. The predicted molar refractivity (Wildman–Crippen MR) is 52.9 cm³/mol. The van der Waals surface area contributed by atoms with Crippen LogP contribution < -0.4 is 0 Å². The predicted octanol–water partition coefficient (Wildman–Crippen LogP) is 1.41. The van der Waals surface area contributed by atoms with Crippen LogP contribution in [0.5, 0.6) is 0 Å². The van der Waals surface area contributed by atoms with Crippen molar-refractivity contribution in [1.29, 1.82) is 0 Å². The number of rotatable bonds is 4. The van der Waals surface area contributed by atoms with Crippen molar-refractivity contribution in [3.8, 4) is 0 Å². The number of halogens is 1. The number of benzene rings is 1. The van der Waals surface area contributed by atoms with Crippen molar-refractivity contribution in [2.45, 2.75) is 12.6 Å². The number of ether oxygens (including phenoxy) is 1. The molecule has 82 valence electrons. The minimum atomic E-state index is -2.02. The molecule has 0 heterocycles. The average molecular weight is 212 g/mol. The largest absolute Gasteiger partial charge is 0.462 e. The molecular formula is C11H13FO3. The number of hydrogen-bond donors (Lipinski definition) is 1. The van der Waals surface area contributed by atoms with E-state index in [4.69, 9.17) is 5.11 Å². The van der Waals surface area contributed by atoms with Gasteiger partial charge in [0.2, 0.25) is 0 Å². The molecule has 1 unspecified atom stereocenters. The molecule has 0 radical (unpaired) electrons. The third-order valence-electron chi connectivity index (χ3n) is 2.05. The Morgan fingerprint density at radius 2 is 2.07 bits per heavy atom. The molecule has 0 spiro atoms. The van der Waals surface area contributed by atoms with E-state index < -0.39 is 24.9 Å². The van der Waals surface area contributed by atoms with Crippen molar-refractivity contribution in [3.05, 3.63) is 35.9 Å². The molecule has 0 saturated carbocycles. The lowest BCUT2D eigenvalue weighted by molar-refractivity contribution is -0.147. The van der Waals surface area contributed by atoms with Gasteiger partial charge in [0, 0.05) is 6.92 Å². The molecule has 0 amide bonds. The summed E-state index contributed by atoms with van der Waals surface area (Å²) in [6, 6.07) is 8.15. The summed E-state index contributed by atoms with van der Waals surface area (Å²) in [5.74, 6) is -0.568. The molecule has 1 aromatic carbocycles. The van der Waals surface area contributed by atoms with Crippen LogP contribution in [-0.2, 0) is 15.2 Å². The first-order valence-electron chi connectivity index (χ1n) is 4.57. The number of carbonyl (C=O) groups excluding carboxylic acids is 1. The lowest BCUT2D eigenvalue weighted by Crippen LogP contribution is -2.31. The van der Waals surface area contributed by atoms with E-state index in [0.29, 0.717) is 5.56 Å². The fraction of sp³-hybridized carbons (Fsp3) is 0.364. The second-order valence-electron chi connectivity index (χ2n) is 3.27. The molecule has 0 aliphatic heterocycles. The summed E-state index contributed by atoms with van der Waals surface area (Å²) in [4.78, 5) is 10.6. The first-order valence-corrected chi connectivity index (χ1v) is 4.57. The Morgan fingerprint density at radius 3 is 2.53 bits per heavy atom. The van der Waals surface area contributed by atoms with Gasteiger partial charge in [-0.05, 0) is 5.56 Å². The Bertz CT molecular complexity index is 326. The van der Waals surface area contributed by atoms with E-state index in [1.807, 2.05) is 0 Å². The molecule has 1 atom stereocenters. The fourth-order valence-electron chi connectivity index (χ4n) is 1.17. The molecule has 0 aliphatic rings. The highest BCUT2D eigenvalue weighted by atomic mass is 19.1. The van der Waals surface area contributed by atoms with E-state index >= 15 is 0 Å². The van der Waals surface area contributed by atoms with Crippen molar-refractivity contribution in [3.63, 3.8) is 0 Å². The first kappa shape index (κ1) is 11.7. The highest BCUT2D eigenvalue weighted by Gasteiger charge is 2.32. The van der Waals surface area contributed by atoms with E-state index in [9.17, 15) is 9.18 Å². The molecule has 1 aromatic rings. The maximum atomic E-state index is 14.1. The number of aliphatic hydroxyl groups is 1. The van der Waals surface area contributed by atoms with Crippen LogP contribution in [0.3, 0.4) is 0 Å². The minimum absolute atomic E-state index is 0.300. The summed E-state index contributed by atoms with van der Waals surface area (Å²) >= 11 is 0. The Hall–Kier alpha value is -1.42. The summed E-state index contributed by atoms with van der Waals surface area (Å²) in [6.07, 6.45) is 0. The molecule has 15 heavy (non-hydrogen) atoms. The summed E-state index contributed by atoms with van der Waals surface area (Å²) < 4.78 is 18.7. The van der Waals surface area contributed by atoms with Gasteiger partial charge in [0.25, 0.3) is 0 Å². The van der Waals surface area contributed by atoms with Gasteiger partial charge in [-0.3, -0.25) is 4.79 Å². The van der Waals surface area contributed by atoms with Gasteiger partial charge in [0.15, 0.2) is 5.67 Å². The van der Waals surface area contributed by atoms with Crippen LogP contribution in [0.4, 0.5) is 4.39 Å². The standard InChI is InChI=1S/C11H13FO3/c1-9(14)15-8-11(12,7-13)10-5-3-2-4-6-10/h2-6,13H,7-8H2,1H3. The number of carbonyl (C=O) groups is 1. The zero-order valence-electron chi connectivity index (χ0n) is 8.44. The molecule has 0 aliphatic carbocycles. The Balaban J connectivity index is 2.80. The Kier molecular flexibility index (Phi) is 3.80. The van der Waals surface area contributed by atoms with Gasteiger partial charge in [-0.2, -0.15) is 0 Å². The number of aliphatic hydroxyl groups excluding tert-OH is 1. The highest BCUT2D eigenvalue weighted by molar-refractivity contribution is 5.66. The topological polar surface area (TPSA) is 46.5 Å². The second kappa shape index (κ2) is 4.89. The molecule has 4 heteroatoms. The molecule has 0 bridgehead atoms. The smallest absolute Gasteiger partial charge is 0.302 e. The van der Waals surface area contributed by atoms with E-state index in [1.165, 1.54) is 6.92 Å². The zero-order valence-corrected chi connectivity index (χ0v) is 8.44. The SMILES string of the molecule is CC(=O)OCC(F)(CO)c1ccccc1. The van der Waals surface area contributed by atoms with Crippen molar-refractivity contribution >= 4 is 5.97 Å². The van der Waals surface area contributed by atoms with Crippen molar-refractivity contribution < 1.29 is 19.0 Å². The summed E-state index contributed by atoms with van der Waals surface area (Å²) in [7, 11) is 0. The van der Waals surface area contributed by atoms with Gasteiger partial charge >= 0.3 is 5.97 Å². The Morgan fingerprint density at radius 1 is 1.47 bits per heavy atom. The third-order valence-corrected chi connectivity index (χ3v) is 2.05. The minimum Gasteiger partial charge on any atom is -0.462 e. The molecule has 1 N–H and O–H groups in total. The second-order valence-corrected chi connectivity index (χ2v) is 3.27. The molecule has 0 aromatic heterocycles. The molecule has 3 nitrogen and oxygen atoms in total. The average Bonchev–Trinajstić information content (AvgIpc) is 2.27. The fourth-order valence-corrected chi connectivity index (χ4v) is 1.17. The Labute approximate surface area is 87.5 Å². The lowest BCUT2D eigenvalue weighted by Gasteiger charge is -2.22. The number of alkyl halides is 1. The van der Waals surface area contributed by atoms with Gasteiger partial charge in [-0.1, -0.05) is 30.3 Å². The number of hydrogen-bond acceptors (Lipinski definition) is 3. The van der Waals surface area contributed by atoms with Gasteiger partial charge in [0.1, 0.15) is 6.61 Å². The van der Waals surface area contributed by atoms with Crippen LogP contribution in [0.1, 0.15) is 12.5 Å². The number of esters is 1. The quantitative estimate of drug-likeness (QED) is 0.767. The third kappa shape index (κ3) is 3.02. The highest BCUT2D eigenvalue weighted by Crippen LogP contribution is 2.25. The van der Waals surface area contributed by atoms with Gasteiger partial charge in [-0.15, -0.1) is 0 Å². The summed E-state index contributed by atoms with van der Waals surface area (Å²) in [5, 5.41) is 8.99. The van der Waals surface area contributed by atoms with Crippen LogP contribution in [0.25, 0.3) is 0 Å². The van der Waals surface area contributed by atoms with Gasteiger partial charge < -0.3 is 9.84 Å². The van der Waals surface area contributed by atoms with Crippen molar-refractivity contribution in [2.75, 3.05) is 13.2 Å². The lowest BCUT2D eigenvalue weighted by atomic mass is 9.98. The molecule has 0 fully saturated rings. The van der Waals surface area contributed by atoms with Crippen molar-refractivity contribution in [1.82, 2.24) is 0 Å². The molecular weight excluding hydrogens is 199 g/mol. The van der Waals surface area contributed by atoms with Crippen LogP contribution >= 0.6 is 0 Å². The normalized spacial score (nSPS) is 14.3. The summed E-state index contributed by atoms with van der Waals surface area (Å²) in [6.45, 7) is 0.00985. The van der Waals surface area contributed by atoms with E-state index in [1.54, 1.807) is 30.3 Å². The van der Waals surface area contributed by atoms with Gasteiger partial charge in [-0.25, -0.2) is 4.39 Å². The first-order chi connectivity index (χ1) is 7.08. The zero-order chi connectivity index (χ0) is 11.3. The van der Waals surface area contributed by atoms with Crippen LogP contribution in [0, 0.1) is 0 Å². The van der Waals surface area contributed by atoms with Crippen LogP contribution in [-0.4, -0.2) is 24.3 Å².